The number of hydrogen-bond donors (Lipinski definition) is 0. The largest absolute Gasteiger partial charge is 0.353 e. The van der Waals surface area contributed by atoms with E-state index in [2.05, 4.69) is 104 Å². The third-order valence-corrected chi connectivity index (χ3v) is 12.7. The minimum absolute atomic E-state index is 0.0652. The van der Waals surface area contributed by atoms with Gasteiger partial charge in [-0.05, 0) is 30.4 Å². The first-order valence-electron chi connectivity index (χ1n) is 24.1. The standard InChI is InChI=1S/C52H88N2/c1-4-7-9-11-13-15-17-19-20-21-22-23-25-27-29-31-39-45-54-47-46-53(44-38-30-28-26-24-18-16-14-12-10-8-5-2)52(54,48-49-40-34-32-35-41-49)51(6-3)50-42-36-33-37-43-50/h32-37,40-43,46-47,51H,4-31,38-39,44-45,48H2,1-3H3. The van der Waals surface area contributed by atoms with Gasteiger partial charge >= 0.3 is 0 Å². The third kappa shape index (κ3) is 18.2. The first-order chi connectivity index (χ1) is 26.8. The smallest absolute Gasteiger partial charge is 0.123 e. The molecule has 0 spiro atoms. The summed E-state index contributed by atoms with van der Waals surface area (Å²) in [5.41, 5.74) is 2.89. The minimum Gasteiger partial charge on any atom is -0.353 e. The van der Waals surface area contributed by atoms with E-state index >= 15 is 0 Å². The lowest BCUT2D eigenvalue weighted by atomic mass is 9.78. The highest BCUT2D eigenvalue weighted by Crippen LogP contribution is 2.45. The Morgan fingerprint density at radius 1 is 0.389 bits per heavy atom. The van der Waals surface area contributed by atoms with Gasteiger partial charge in [-0.15, -0.1) is 0 Å². The van der Waals surface area contributed by atoms with E-state index in [1.54, 1.807) is 0 Å². The van der Waals surface area contributed by atoms with Crippen LogP contribution in [0.25, 0.3) is 0 Å². The molecule has 54 heavy (non-hydrogen) atoms. The van der Waals surface area contributed by atoms with Crippen LogP contribution < -0.4 is 0 Å². The SMILES string of the molecule is CCCCCCCCCCCCCCCCCCCN1C=CN(CCCCCCCCCCCCCC)C1(Cc1ccccc1)C(CC)c1ccccc1. The molecule has 0 N–H and O–H groups in total. The zero-order valence-electron chi connectivity index (χ0n) is 36.2. The molecule has 306 valence electrons. The number of unbranched alkanes of at least 4 members (excludes halogenated alkanes) is 27. The van der Waals surface area contributed by atoms with Crippen LogP contribution in [0.2, 0.25) is 0 Å². The summed E-state index contributed by atoms with van der Waals surface area (Å²) < 4.78 is 0. The summed E-state index contributed by atoms with van der Waals surface area (Å²) in [5, 5.41) is 0. The molecule has 0 aliphatic carbocycles. The van der Waals surface area contributed by atoms with Gasteiger partial charge in [0, 0.05) is 37.8 Å². The van der Waals surface area contributed by atoms with Gasteiger partial charge in [-0.3, -0.25) is 0 Å². The molecule has 2 aromatic rings. The first kappa shape index (κ1) is 46.2. The van der Waals surface area contributed by atoms with E-state index in [-0.39, 0.29) is 5.66 Å². The molecule has 2 heteroatoms. The number of benzene rings is 2. The van der Waals surface area contributed by atoms with Crippen LogP contribution in [-0.2, 0) is 6.42 Å². The molecule has 0 bridgehead atoms. The molecule has 0 saturated carbocycles. The van der Waals surface area contributed by atoms with Crippen LogP contribution in [0.5, 0.6) is 0 Å². The van der Waals surface area contributed by atoms with Gasteiger partial charge < -0.3 is 9.80 Å². The molecule has 1 aliphatic heterocycles. The van der Waals surface area contributed by atoms with E-state index in [1.165, 1.54) is 197 Å². The Morgan fingerprint density at radius 2 is 0.704 bits per heavy atom. The minimum atomic E-state index is -0.0652. The molecule has 2 unspecified atom stereocenters. The fourth-order valence-electron chi connectivity index (χ4n) is 9.39. The molecule has 0 aromatic heterocycles. The summed E-state index contributed by atoms with van der Waals surface area (Å²) in [4.78, 5) is 5.60. The Morgan fingerprint density at radius 3 is 1.04 bits per heavy atom. The molecular formula is C52H88N2. The van der Waals surface area contributed by atoms with E-state index in [1.807, 2.05) is 0 Å². The quantitative estimate of drug-likeness (QED) is 0.0642. The summed E-state index contributed by atoms with van der Waals surface area (Å²) in [6, 6.07) is 22.9. The van der Waals surface area contributed by atoms with Gasteiger partial charge in [0.05, 0.1) is 0 Å². The molecular weight excluding hydrogens is 653 g/mol. The lowest BCUT2D eigenvalue weighted by molar-refractivity contribution is -0.00378. The molecule has 2 aromatic carbocycles. The summed E-state index contributed by atoms with van der Waals surface area (Å²) in [7, 11) is 0. The van der Waals surface area contributed by atoms with E-state index in [0.717, 1.165) is 25.9 Å². The van der Waals surface area contributed by atoms with Gasteiger partial charge in [-0.2, -0.15) is 0 Å². The first-order valence-corrected chi connectivity index (χ1v) is 24.1. The van der Waals surface area contributed by atoms with Crippen LogP contribution >= 0.6 is 0 Å². The van der Waals surface area contributed by atoms with Gasteiger partial charge in [-0.1, -0.05) is 255 Å². The van der Waals surface area contributed by atoms with Crippen LogP contribution in [0.3, 0.4) is 0 Å². The second-order valence-electron chi connectivity index (χ2n) is 17.1. The maximum Gasteiger partial charge on any atom is 0.123 e. The molecule has 1 aliphatic rings. The second-order valence-corrected chi connectivity index (χ2v) is 17.1. The van der Waals surface area contributed by atoms with Crippen molar-refractivity contribution in [1.29, 1.82) is 0 Å². The Balaban J connectivity index is 1.48. The predicted molar refractivity (Wildman–Crippen MR) is 240 cm³/mol. The Bertz CT molecular complexity index is 1130. The monoisotopic (exact) mass is 741 g/mol. The van der Waals surface area contributed by atoms with Gasteiger partial charge in [0.15, 0.2) is 0 Å². The van der Waals surface area contributed by atoms with Crippen molar-refractivity contribution in [3.05, 3.63) is 84.2 Å². The highest BCUT2D eigenvalue weighted by molar-refractivity contribution is 5.30. The molecule has 1 heterocycles. The van der Waals surface area contributed by atoms with Gasteiger partial charge in [0.1, 0.15) is 5.66 Å². The average molecular weight is 741 g/mol. The van der Waals surface area contributed by atoms with Crippen LogP contribution in [-0.4, -0.2) is 28.6 Å². The summed E-state index contributed by atoms with van der Waals surface area (Å²) in [6.07, 6.45) is 48.2. The molecule has 0 amide bonds. The maximum atomic E-state index is 2.80. The van der Waals surface area contributed by atoms with Crippen molar-refractivity contribution < 1.29 is 0 Å². The van der Waals surface area contributed by atoms with Crippen molar-refractivity contribution in [2.75, 3.05) is 13.1 Å². The Hall–Kier alpha value is -2.22. The normalized spacial score (nSPS) is 16.1. The van der Waals surface area contributed by atoms with E-state index in [0.29, 0.717) is 5.92 Å². The fraction of sp³-hybridized carbons (Fsp3) is 0.731. The maximum absolute atomic E-state index is 2.80. The van der Waals surface area contributed by atoms with Crippen molar-refractivity contribution in [3.8, 4) is 0 Å². The van der Waals surface area contributed by atoms with Gasteiger partial charge in [0.2, 0.25) is 0 Å². The number of hydrogen-bond acceptors (Lipinski definition) is 2. The van der Waals surface area contributed by atoms with Crippen molar-refractivity contribution in [3.63, 3.8) is 0 Å². The molecule has 0 radical (unpaired) electrons. The molecule has 0 saturated heterocycles. The molecule has 3 rings (SSSR count). The predicted octanol–water partition coefficient (Wildman–Crippen LogP) is 16.6. The second kappa shape index (κ2) is 30.9. The van der Waals surface area contributed by atoms with Gasteiger partial charge in [0.25, 0.3) is 0 Å². The highest BCUT2D eigenvalue weighted by atomic mass is 15.4. The third-order valence-electron chi connectivity index (χ3n) is 12.7. The molecule has 0 fully saturated rings. The van der Waals surface area contributed by atoms with Crippen molar-refractivity contribution in [1.82, 2.24) is 9.80 Å². The highest BCUT2D eigenvalue weighted by Gasteiger charge is 2.49. The van der Waals surface area contributed by atoms with Gasteiger partial charge in [-0.25, -0.2) is 0 Å². The van der Waals surface area contributed by atoms with E-state index in [4.69, 9.17) is 0 Å². The van der Waals surface area contributed by atoms with Crippen LogP contribution in [0.15, 0.2) is 73.1 Å². The van der Waals surface area contributed by atoms with Crippen LogP contribution in [0.1, 0.15) is 230 Å². The summed E-state index contributed by atoms with van der Waals surface area (Å²) in [6.45, 7) is 9.36. The topological polar surface area (TPSA) is 6.48 Å². The lowest BCUT2D eigenvalue weighted by Gasteiger charge is -2.51. The summed E-state index contributed by atoms with van der Waals surface area (Å²) >= 11 is 0. The van der Waals surface area contributed by atoms with Crippen LogP contribution in [0.4, 0.5) is 0 Å². The van der Waals surface area contributed by atoms with Crippen molar-refractivity contribution >= 4 is 0 Å². The Labute approximate surface area is 337 Å². The lowest BCUT2D eigenvalue weighted by Crippen LogP contribution is -2.59. The van der Waals surface area contributed by atoms with Crippen LogP contribution in [0, 0.1) is 0 Å². The zero-order chi connectivity index (χ0) is 38.2. The van der Waals surface area contributed by atoms with E-state index < -0.39 is 0 Å². The average Bonchev–Trinajstić information content (AvgIpc) is 3.53. The number of rotatable bonds is 36. The number of nitrogens with zero attached hydrogens (tertiary/aromatic N) is 2. The summed E-state index contributed by atoms with van der Waals surface area (Å²) in [5.74, 6) is 0.442. The fourth-order valence-corrected chi connectivity index (χ4v) is 9.39. The van der Waals surface area contributed by atoms with E-state index in [9.17, 15) is 0 Å². The molecule has 2 nitrogen and oxygen atoms in total. The van der Waals surface area contributed by atoms with Crippen molar-refractivity contribution in [2.45, 2.75) is 231 Å². The van der Waals surface area contributed by atoms with Crippen molar-refractivity contribution in [2.24, 2.45) is 0 Å². The Kier molecular flexibility index (Phi) is 26.4. The zero-order valence-corrected chi connectivity index (χ0v) is 36.2. The molecule has 2 atom stereocenters.